The van der Waals surface area contributed by atoms with Crippen LogP contribution in [-0.4, -0.2) is 6.04 Å². The van der Waals surface area contributed by atoms with E-state index in [1.54, 1.807) is 0 Å². The van der Waals surface area contributed by atoms with Gasteiger partial charge in [-0.25, -0.2) is 0 Å². The number of benzene rings is 6. The van der Waals surface area contributed by atoms with E-state index in [-0.39, 0.29) is 16.9 Å². The zero-order valence-corrected chi connectivity index (χ0v) is 29.6. The molecule has 1 atom stereocenters. The van der Waals surface area contributed by atoms with Crippen molar-refractivity contribution in [1.29, 1.82) is 0 Å². The van der Waals surface area contributed by atoms with Crippen LogP contribution in [0.4, 0.5) is 11.4 Å². The fourth-order valence-electron chi connectivity index (χ4n) is 10.4. The molecule has 248 valence electrons. The van der Waals surface area contributed by atoms with Crippen molar-refractivity contribution in [2.45, 2.75) is 43.6 Å². The second-order valence-electron chi connectivity index (χ2n) is 15.5. The van der Waals surface area contributed by atoms with Crippen molar-refractivity contribution in [1.82, 2.24) is 0 Å². The van der Waals surface area contributed by atoms with Gasteiger partial charge in [-0.2, -0.15) is 0 Å². The van der Waals surface area contributed by atoms with Crippen LogP contribution in [0.15, 0.2) is 169 Å². The van der Waals surface area contributed by atoms with Gasteiger partial charge in [0, 0.05) is 16.8 Å². The van der Waals surface area contributed by atoms with E-state index in [1.807, 2.05) is 0 Å². The zero-order valence-electron chi connectivity index (χ0n) is 29.6. The Balaban J connectivity index is 1.12. The summed E-state index contributed by atoms with van der Waals surface area (Å²) < 4.78 is 0. The molecule has 1 unspecified atom stereocenters. The molecule has 1 spiro atoms. The summed E-state index contributed by atoms with van der Waals surface area (Å²) in [6.45, 7) is 4.77. The second-order valence-corrected chi connectivity index (χ2v) is 15.5. The molecule has 0 aliphatic heterocycles. The summed E-state index contributed by atoms with van der Waals surface area (Å²) in [6.07, 6.45) is 16.6. The molecule has 1 nitrogen and oxygen atoms in total. The van der Waals surface area contributed by atoms with E-state index < -0.39 is 0 Å². The molecule has 6 aromatic carbocycles. The summed E-state index contributed by atoms with van der Waals surface area (Å²) in [5.74, 6) is 0. The average molecular weight is 666 g/mol. The molecule has 0 amide bonds. The molecular weight excluding hydrogens is 627 g/mol. The minimum atomic E-state index is -0.361. The molecule has 0 heterocycles. The van der Waals surface area contributed by atoms with E-state index in [4.69, 9.17) is 0 Å². The zero-order chi connectivity index (χ0) is 34.6. The molecule has 0 aromatic heterocycles. The third-order valence-electron chi connectivity index (χ3n) is 12.6. The van der Waals surface area contributed by atoms with Crippen LogP contribution in [0.3, 0.4) is 0 Å². The number of hydrogen-bond donors (Lipinski definition) is 0. The van der Waals surface area contributed by atoms with Crippen LogP contribution in [0.2, 0.25) is 0 Å². The van der Waals surface area contributed by atoms with E-state index in [0.717, 1.165) is 12.8 Å². The maximum absolute atomic E-state index is 2.61. The Morgan fingerprint density at radius 3 is 1.87 bits per heavy atom. The van der Waals surface area contributed by atoms with Gasteiger partial charge in [-0.15, -0.1) is 0 Å². The first kappa shape index (κ1) is 29.8. The molecule has 5 aliphatic carbocycles. The minimum Gasteiger partial charge on any atom is -0.331 e. The standard InChI is InChI=1S/C51H39N/c1-50(2)43-21-9-5-17-37(43)42-30-27-35(32-48(42)50)52(49-25-13-15-33-14-3-4-16-36(33)49)34-26-29-41-40-20-8-12-24-46(40)51(47(41)31-28-34)44-22-10-6-18-38(44)39-19-7-11-23-45(39)51/h3,5-15,17-32,34H,4,16H2,1-2H3. The van der Waals surface area contributed by atoms with Crippen molar-refractivity contribution in [2.75, 3.05) is 4.90 Å². The van der Waals surface area contributed by atoms with Crippen LogP contribution in [0, 0.1) is 0 Å². The first-order valence-corrected chi connectivity index (χ1v) is 18.8. The lowest BCUT2D eigenvalue weighted by Gasteiger charge is -2.35. The molecule has 0 fully saturated rings. The van der Waals surface area contributed by atoms with Gasteiger partial charge in [0.2, 0.25) is 0 Å². The second kappa shape index (κ2) is 10.8. The van der Waals surface area contributed by atoms with E-state index in [2.05, 4.69) is 189 Å². The summed E-state index contributed by atoms with van der Waals surface area (Å²) in [5.41, 5.74) is 21.2. The van der Waals surface area contributed by atoms with Crippen LogP contribution in [-0.2, 0) is 17.3 Å². The Kier molecular flexibility index (Phi) is 6.18. The van der Waals surface area contributed by atoms with Gasteiger partial charge < -0.3 is 4.90 Å². The molecule has 1 heteroatoms. The first-order chi connectivity index (χ1) is 25.6. The van der Waals surface area contributed by atoms with Gasteiger partial charge in [0.25, 0.3) is 0 Å². The number of anilines is 2. The van der Waals surface area contributed by atoms with E-state index >= 15 is 0 Å². The normalized spacial score (nSPS) is 18.6. The van der Waals surface area contributed by atoms with Crippen molar-refractivity contribution < 1.29 is 0 Å². The van der Waals surface area contributed by atoms with Crippen molar-refractivity contribution >= 4 is 23.0 Å². The van der Waals surface area contributed by atoms with Gasteiger partial charge in [0.15, 0.2) is 0 Å². The molecule has 0 bridgehead atoms. The number of fused-ring (bicyclic) bond motifs is 13. The Morgan fingerprint density at radius 1 is 0.538 bits per heavy atom. The highest BCUT2D eigenvalue weighted by Crippen LogP contribution is 2.62. The highest BCUT2D eigenvalue weighted by atomic mass is 15.2. The van der Waals surface area contributed by atoms with E-state index in [9.17, 15) is 0 Å². The van der Waals surface area contributed by atoms with Gasteiger partial charge in [0.05, 0.1) is 11.5 Å². The summed E-state index contributed by atoms with van der Waals surface area (Å²) in [6, 6.07) is 50.3. The van der Waals surface area contributed by atoms with Gasteiger partial charge in [-0.1, -0.05) is 166 Å². The topological polar surface area (TPSA) is 3.24 Å². The number of nitrogens with zero attached hydrogens (tertiary/aromatic N) is 1. The van der Waals surface area contributed by atoms with Gasteiger partial charge >= 0.3 is 0 Å². The maximum Gasteiger partial charge on any atom is 0.0725 e. The predicted molar refractivity (Wildman–Crippen MR) is 217 cm³/mol. The molecule has 0 saturated carbocycles. The highest BCUT2D eigenvalue weighted by molar-refractivity contribution is 5.98. The first-order valence-electron chi connectivity index (χ1n) is 18.8. The third-order valence-corrected chi connectivity index (χ3v) is 12.6. The molecule has 0 radical (unpaired) electrons. The van der Waals surface area contributed by atoms with Crippen molar-refractivity contribution in [3.63, 3.8) is 0 Å². The van der Waals surface area contributed by atoms with E-state index in [1.165, 1.54) is 89.3 Å². The monoisotopic (exact) mass is 665 g/mol. The fourth-order valence-corrected chi connectivity index (χ4v) is 10.4. The number of allylic oxidation sites excluding steroid dienone is 5. The van der Waals surface area contributed by atoms with Gasteiger partial charge in [-0.05, 0) is 109 Å². The molecule has 11 rings (SSSR count). The highest BCUT2D eigenvalue weighted by Gasteiger charge is 2.52. The Morgan fingerprint density at radius 2 is 1.13 bits per heavy atom. The van der Waals surface area contributed by atoms with Crippen LogP contribution in [0.5, 0.6) is 0 Å². The Labute approximate surface area is 306 Å². The Bertz CT molecular complexity index is 2580. The lowest BCUT2D eigenvalue weighted by Crippen LogP contribution is -2.30. The summed E-state index contributed by atoms with van der Waals surface area (Å²) in [7, 11) is 0. The van der Waals surface area contributed by atoms with Crippen LogP contribution in [0.25, 0.3) is 33.9 Å². The quantitative estimate of drug-likeness (QED) is 0.182. The molecule has 5 aliphatic rings. The van der Waals surface area contributed by atoms with Crippen LogP contribution in [0.1, 0.15) is 64.8 Å². The number of rotatable bonds is 3. The maximum atomic E-state index is 2.61. The predicted octanol–water partition coefficient (Wildman–Crippen LogP) is 12.4. The number of hydrogen-bond acceptors (Lipinski definition) is 1. The van der Waals surface area contributed by atoms with Crippen molar-refractivity contribution in [2.24, 2.45) is 0 Å². The molecule has 6 aromatic rings. The minimum absolute atomic E-state index is 0.00375. The Hall–Kier alpha value is -5.92. The average Bonchev–Trinajstić information content (AvgIpc) is 3.65. The van der Waals surface area contributed by atoms with Crippen LogP contribution < -0.4 is 4.90 Å². The van der Waals surface area contributed by atoms with Gasteiger partial charge in [0.1, 0.15) is 0 Å². The fraction of sp³-hybridized carbons (Fsp3) is 0.137. The summed E-state index contributed by atoms with van der Waals surface area (Å²) in [4.78, 5) is 2.61. The lowest BCUT2D eigenvalue weighted by molar-refractivity contribution is 0.660. The smallest absolute Gasteiger partial charge is 0.0725 e. The molecule has 0 saturated heterocycles. The SMILES string of the molecule is CC1(C)c2ccccc2-c2ccc(N(c3cccc4c3CCC=C4)C3C=CC4=C(C=C3)C3(c5ccccc54)c4ccccc4-c4ccccc43)cc21. The van der Waals surface area contributed by atoms with Crippen molar-refractivity contribution in [3.05, 3.63) is 214 Å². The van der Waals surface area contributed by atoms with Gasteiger partial charge in [-0.3, -0.25) is 0 Å². The lowest BCUT2D eigenvalue weighted by atomic mass is 9.69. The summed E-state index contributed by atoms with van der Waals surface area (Å²) >= 11 is 0. The molecular formula is C51H39N. The van der Waals surface area contributed by atoms with Crippen LogP contribution >= 0.6 is 0 Å². The van der Waals surface area contributed by atoms with Crippen molar-refractivity contribution in [3.8, 4) is 22.3 Å². The largest absolute Gasteiger partial charge is 0.331 e. The molecule has 52 heavy (non-hydrogen) atoms. The molecule has 0 N–H and O–H groups in total. The summed E-state index contributed by atoms with van der Waals surface area (Å²) in [5, 5.41) is 0. The third kappa shape index (κ3) is 3.83. The van der Waals surface area contributed by atoms with E-state index in [0.29, 0.717) is 0 Å².